The lowest BCUT2D eigenvalue weighted by Gasteiger charge is -2.04. The van der Waals surface area contributed by atoms with Gasteiger partial charge in [-0.25, -0.2) is 0 Å². The Labute approximate surface area is 107 Å². The van der Waals surface area contributed by atoms with Gasteiger partial charge >= 0.3 is 6.01 Å². The molecule has 0 aliphatic carbocycles. The number of ether oxygens (including phenoxy) is 1. The minimum Gasteiger partial charge on any atom is -0.467 e. The number of methoxy groups -OCH3 is 1. The molecule has 0 aromatic carbocycles. The van der Waals surface area contributed by atoms with Crippen LogP contribution in [0.1, 0.15) is 4.88 Å². The summed E-state index contributed by atoms with van der Waals surface area (Å²) >= 11 is 7.31. The number of rotatable bonds is 4. The van der Waals surface area contributed by atoms with Gasteiger partial charge in [0.1, 0.15) is 0 Å². The first-order valence-corrected chi connectivity index (χ1v) is 5.90. The molecule has 0 aliphatic heterocycles. The van der Waals surface area contributed by atoms with Crippen molar-refractivity contribution in [2.45, 2.75) is 6.54 Å². The third-order valence-electron chi connectivity index (χ3n) is 1.86. The summed E-state index contributed by atoms with van der Waals surface area (Å²) in [7, 11) is 1.47. The molecule has 0 unspecified atom stereocenters. The monoisotopic (exact) mass is 271 g/mol. The summed E-state index contributed by atoms with van der Waals surface area (Å²) in [6, 6.07) is 3.96. The van der Waals surface area contributed by atoms with Gasteiger partial charge in [0.2, 0.25) is 11.9 Å². The number of nitrogens with zero attached hydrogens (tertiary/aromatic N) is 3. The van der Waals surface area contributed by atoms with Crippen molar-refractivity contribution in [3.8, 4) is 6.01 Å². The molecule has 90 valence electrons. The van der Waals surface area contributed by atoms with E-state index in [0.717, 1.165) is 9.21 Å². The van der Waals surface area contributed by atoms with Crippen molar-refractivity contribution in [2.75, 3.05) is 18.2 Å². The topological polar surface area (TPSA) is 86.0 Å². The largest absolute Gasteiger partial charge is 0.467 e. The summed E-state index contributed by atoms with van der Waals surface area (Å²) in [4.78, 5) is 12.8. The molecule has 2 rings (SSSR count). The molecule has 0 amide bonds. The van der Waals surface area contributed by atoms with Crippen LogP contribution in [0.4, 0.5) is 11.9 Å². The lowest BCUT2D eigenvalue weighted by atomic mass is 10.5. The van der Waals surface area contributed by atoms with E-state index in [1.165, 1.54) is 18.4 Å². The standard InChI is InChI=1S/C9H10ClN5OS/c1-16-9-14-7(11)13-8(15-9)12-4-5-2-3-6(10)17-5/h2-3H,4H2,1H3,(H3,11,12,13,14,15). The predicted molar refractivity (Wildman–Crippen MR) is 67.4 cm³/mol. The fourth-order valence-electron chi connectivity index (χ4n) is 1.16. The number of anilines is 2. The van der Waals surface area contributed by atoms with Gasteiger partial charge in [0.15, 0.2) is 0 Å². The van der Waals surface area contributed by atoms with Crippen LogP contribution in [0.3, 0.4) is 0 Å². The molecule has 0 saturated carbocycles. The summed E-state index contributed by atoms with van der Waals surface area (Å²) in [6.45, 7) is 0.573. The third kappa shape index (κ3) is 3.18. The van der Waals surface area contributed by atoms with Gasteiger partial charge in [-0.3, -0.25) is 0 Å². The van der Waals surface area contributed by atoms with Crippen molar-refractivity contribution in [3.63, 3.8) is 0 Å². The Morgan fingerprint density at radius 2 is 2.24 bits per heavy atom. The van der Waals surface area contributed by atoms with Crippen LogP contribution >= 0.6 is 22.9 Å². The lowest BCUT2D eigenvalue weighted by molar-refractivity contribution is 0.379. The first-order chi connectivity index (χ1) is 8.17. The van der Waals surface area contributed by atoms with E-state index in [4.69, 9.17) is 22.1 Å². The average molecular weight is 272 g/mol. The van der Waals surface area contributed by atoms with E-state index in [9.17, 15) is 0 Å². The van der Waals surface area contributed by atoms with Crippen LogP contribution < -0.4 is 15.8 Å². The highest BCUT2D eigenvalue weighted by Crippen LogP contribution is 2.22. The molecule has 17 heavy (non-hydrogen) atoms. The Balaban J connectivity index is 2.05. The summed E-state index contributed by atoms with van der Waals surface area (Å²) < 4.78 is 5.64. The molecule has 0 spiro atoms. The molecular formula is C9H10ClN5OS. The highest BCUT2D eigenvalue weighted by molar-refractivity contribution is 7.16. The Hall–Kier alpha value is -1.60. The van der Waals surface area contributed by atoms with Gasteiger partial charge in [-0.1, -0.05) is 11.6 Å². The van der Waals surface area contributed by atoms with Crippen LogP contribution in [0.15, 0.2) is 12.1 Å². The van der Waals surface area contributed by atoms with Crippen molar-refractivity contribution >= 4 is 34.8 Å². The minimum atomic E-state index is 0.114. The molecule has 0 aliphatic rings. The van der Waals surface area contributed by atoms with Crippen LogP contribution in [-0.4, -0.2) is 22.1 Å². The maximum Gasteiger partial charge on any atom is 0.322 e. The molecule has 0 radical (unpaired) electrons. The quantitative estimate of drug-likeness (QED) is 0.882. The van der Waals surface area contributed by atoms with Crippen molar-refractivity contribution in [2.24, 2.45) is 0 Å². The molecule has 0 fully saturated rings. The van der Waals surface area contributed by atoms with Gasteiger partial charge in [-0.05, 0) is 12.1 Å². The Kier molecular flexibility index (Phi) is 3.60. The third-order valence-corrected chi connectivity index (χ3v) is 3.10. The van der Waals surface area contributed by atoms with Crippen molar-refractivity contribution in [1.82, 2.24) is 15.0 Å². The van der Waals surface area contributed by atoms with E-state index in [1.54, 1.807) is 0 Å². The number of hydrogen-bond donors (Lipinski definition) is 2. The average Bonchev–Trinajstić information content (AvgIpc) is 2.72. The maximum atomic E-state index is 5.82. The summed E-state index contributed by atoms with van der Waals surface area (Å²) in [6.07, 6.45) is 0. The number of aromatic nitrogens is 3. The van der Waals surface area contributed by atoms with Crippen molar-refractivity contribution < 1.29 is 4.74 Å². The number of nitrogen functional groups attached to an aromatic ring is 1. The summed E-state index contributed by atoms with van der Waals surface area (Å²) in [5.74, 6) is 0.488. The molecule has 0 atom stereocenters. The van der Waals surface area contributed by atoms with E-state index < -0.39 is 0 Å². The molecule has 3 N–H and O–H groups in total. The van der Waals surface area contributed by atoms with Crippen LogP contribution in [0.5, 0.6) is 6.01 Å². The van der Waals surface area contributed by atoms with E-state index in [0.29, 0.717) is 12.5 Å². The smallest absolute Gasteiger partial charge is 0.322 e. The van der Waals surface area contributed by atoms with Gasteiger partial charge in [-0.2, -0.15) is 15.0 Å². The summed E-state index contributed by atoms with van der Waals surface area (Å²) in [5.41, 5.74) is 5.51. The molecule has 2 heterocycles. The fourth-order valence-corrected chi connectivity index (χ4v) is 2.18. The van der Waals surface area contributed by atoms with Crippen LogP contribution in [-0.2, 0) is 6.54 Å². The van der Waals surface area contributed by atoms with E-state index in [-0.39, 0.29) is 12.0 Å². The number of nitrogens with one attached hydrogen (secondary N) is 1. The zero-order valence-electron chi connectivity index (χ0n) is 8.98. The van der Waals surface area contributed by atoms with Gasteiger partial charge < -0.3 is 15.8 Å². The van der Waals surface area contributed by atoms with Crippen molar-refractivity contribution in [1.29, 1.82) is 0 Å². The lowest BCUT2D eigenvalue weighted by Crippen LogP contribution is -2.07. The van der Waals surface area contributed by atoms with Gasteiger partial charge in [0.05, 0.1) is 18.0 Å². The Bertz CT molecular complexity index is 518. The number of hydrogen-bond acceptors (Lipinski definition) is 7. The maximum absolute atomic E-state index is 5.82. The summed E-state index contributed by atoms with van der Waals surface area (Å²) in [5, 5.41) is 3.02. The van der Waals surface area contributed by atoms with Crippen molar-refractivity contribution in [3.05, 3.63) is 21.3 Å². The van der Waals surface area contributed by atoms with Crippen LogP contribution in [0, 0.1) is 0 Å². The van der Waals surface area contributed by atoms with E-state index in [2.05, 4.69) is 20.3 Å². The van der Waals surface area contributed by atoms with Gasteiger partial charge in [0, 0.05) is 4.88 Å². The zero-order valence-corrected chi connectivity index (χ0v) is 10.5. The molecule has 6 nitrogen and oxygen atoms in total. The van der Waals surface area contributed by atoms with Gasteiger partial charge in [-0.15, -0.1) is 11.3 Å². The predicted octanol–water partition coefficient (Wildman–Crippen LogP) is 1.79. The minimum absolute atomic E-state index is 0.114. The number of nitrogens with two attached hydrogens (primary N) is 1. The Morgan fingerprint density at radius 1 is 1.41 bits per heavy atom. The molecule has 2 aromatic rings. The molecule has 2 aromatic heterocycles. The number of thiophene rings is 1. The number of halogens is 1. The second kappa shape index (κ2) is 5.15. The zero-order chi connectivity index (χ0) is 12.3. The van der Waals surface area contributed by atoms with Gasteiger partial charge in [0.25, 0.3) is 0 Å². The first-order valence-electron chi connectivity index (χ1n) is 4.71. The Morgan fingerprint density at radius 3 is 2.88 bits per heavy atom. The second-order valence-corrected chi connectivity index (χ2v) is 4.86. The normalized spacial score (nSPS) is 10.2. The molecule has 0 bridgehead atoms. The molecular weight excluding hydrogens is 262 g/mol. The fraction of sp³-hybridized carbons (Fsp3) is 0.222. The first kappa shape index (κ1) is 11.9. The molecule has 8 heteroatoms. The highest BCUT2D eigenvalue weighted by atomic mass is 35.5. The highest BCUT2D eigenvalue weighted by Gasteiger charge is 2.04. The molecule has 0 saturated heterocycles. The second-order valence-electron chi connectivity index (χ2n) is 3.06. The van der Waals surface area contributed by atoms with Crippen LogP contribution in [0.2, 0.25) is 4.34 Å². The van der Waals surface area contributed by atoms with E-state index >= 15 is 0 Å². The van der Waals surface area contributed by atoms with E-state index in [1.807, 2.05) is 12.1 Å². The van der Waals surface area contributed by atoms with Crippen LogP contribution in [0.25, 0.3) is 0 Å². The SMILES string of the molecule is COc1nc(N)nc(NCc2ccc(Cl)s2)n1.